The molecular formula is C23H19N5O2. The van der Waals surface area contributed by atoms with Crippen LogP contribution in [0.1, 0.15) is 34.4 Å². The Morgan fingerprint density at radius 3 is 2.67 bits per heavy atom. The van der Waals surface area contributed by atoms with Gasteiger partial charge < -0.3 is 9.42 Å². The SMILES string of the molecule is CCc1ncc2c(n1)CN(C(=O)c1ccccc1-c1nc(-c3ccccc3)no1)C2. The number of carbonyl (C=O) groups is 1. The molecule has 1 aliphatic rings. The van der Waals surface area contributed by atoms with Gasteiger partial charge in [-0.15, -0.1) is 0 Å². The second kappa shape index (κ2) is 7.51. The minimum atomic E-state index is -0.0962. The summed E-state index contributed by atoms with van der Waals surface area (Å²) in [5, 5.41) is 4.08. The van der Waals surface area contributed by atoms with Crippen LogP contribution >= 0.6 is 0 Å². The molecule has 7 nitrogen and oxygen atoms in total. The minimum Gasteiger partial charge on any atom is -0.334 e. The van der Waals surface area contributed by atoms with Gasteiger partial charge in [-0.2, -0.15) is 4.98 Å². The normalized spacial score (nSPS) is 12.8. The Morgan fingerprint density at radius 1 is 1.03 bits per heavy atom. The molecule has 30 heavy (non-hydrogen) atoms. The number of carbonyl (C=O) groups excluding carboxylic acids is 1. The fourth-order valence-corrected chi connectivity index (χ4v) is 3.57. The molecular weight excluding hydrogens is 378 g/mol. The third-order valence-corrected chi connectivity index (χ3v) is 5.16. The maximum absolute atomic E-state index is 13.3. The van der Waals surface area contributed by atoms with Crippen molar-refractivity contribution in [3.63, 3.8) is 0 Å². The average molecular weight is 397 g/mol. The van der Waals surface area contributed by atoms with E-state index in [0.717, 1.165) is 29.1 Å². The van der Waals surface area contributed by atoms with E-state index >= 15 is 0 Å². The maximum atomic E-state index is 13.3. The highest BCUT2D eigenvalue weighted by atomic mass is 16.5. The van der Waals surface area contributed by atoms with Gasteiger partial charge in [-0.3, -0.25) is 4.79 Å². The van der Waals surface area contributed by atoms with Crippen LogP contribution in [-0.2, 0) is 19.5 Å². The highest BCUT2D eigenvalue weighted by molar-refractivity contribution is 6.00. The van der Waals surface area contributed by atoms with Crippen molar-refractivity contribution in [3.05, 3.63) is 83.4 Å². The Hall–Kier alpha value is -3.87. The Morgan fingerprint density at radius 2 is 1.83 bits per heavy atom. The molecule has 1 amide bonds. The van der Waals surface area contributed by atoms with E-state index in [1.54, 1.807) is 11.0 Å². The van der Waals surface area contributed by atoms with Crippen molar-refractivity contribution in [1.29, 1.82) is 0 Å². The predicted molar refractivity (Wildman–Crippen MR) is 110 cm³/mol. The summed E-state index contributed by atoms with van der Waals surface area (Å²) in [4.78, 5) is 28.5. The fraction of sp³-hybridized carbons (Fsp3) is 0.174. The van der Waals surface area contributed by atoms with Crippen LogP contribution in [0.2, 0.25) is 0 Å². The zero-order chi connectivity index (χ0) is 20.5. The second-order valence-electron chi connectivity index (χ2n) is 7.11. The van der Waals surface area contributed by atoms with Crippen LogP contribution in [-0.4, -0.2) is 30.9 Å². The number of nitrogens with zero attached hydrogens (tertiary/aromatic N) is 5. The standard InChI is InChI=1S/C23H19N5O2/c1-2-20-24-12-16-13-28(14-19(16)25-20)23(29)18-11-7-6-10-17(18)22-26-21(27-30-22)15-8-4-3-5-9-15/h3-12H,2,13-14H2,1H3. The molecule has 7 heteroatoms. The quantitative estimate of drug-likeness (QED) is 0.519. The number of benzene rings is 2. The van der Waals surface area contributed by atoms with E-state index in [-0.39, 0.29) is 5.91 Å². The number of fused-ring (bicyclic) bond motifs is 1. The van der Waals surface area contributed by atoms with Crippen LogP contribution in [0.3, 0.4) is 0 Å². The molecule has 0 fully saturated rings. The minimum absolute atomic E-state index is 0.0962. The number of hydrogen-bond donors (Lipinski definition) is 0. The van der Waals surface area contributed by atoms with E-state index in [0.29, 0.717) is 35.9 Å². The molecule has 0 atom stereocenters. The molecule has 1 aliphatic heterocycles. The smallest absolute Gasteiger partial charge is 0.259 e. The van der Waals surface area contributed by atoms with Gasteiger partial charge in [0.25, 0.3) is 11.8 Å². The number of aryl methyl sites for hydroxylation is 1. The summed E-state index contributed by atoms with van der Waals surface area (Å²) in [6, 6.07) is 16.9. The molecule has 0 bridgehead atoms. The van der Waals surface area contributed by atoms with E-state index < -0.39 is 0 Å². The van der Waals surface area contributed by atoms with Crippen molar-refractivity contribution >= 4 is 5.91 Å². The van der Waals surface area contributed by atoms with E-state index in [2.05, 4.69) is 20.1 Å². The lowest BCUT2D eigenvalue weighted by Crippen LogP contribution is -2.26. The van der Waals surface area contributed by atoms with Crippen LogP contribution < -0.4 is 0 Å². The summed E-state index contributed by atoms with van der Waals surface area (Å²) in [6.45, 7) is 2.98. The summed E-state index contributed by atoms with van der Waals surface area (Å²) in [5.41, 5.74) is 3.90. The van der Waals surface area contributed by atoms with Crippen molar-refractivity contribution in [2.75, 3.05) is 0 Å². The predicted octanol–water partition coefficient (Wildman–Crippen LogP) is 3.91. The molecule has 2 aromatic heterocycles. The number of hydrogen-bond acceptors (Lipinski definition) is 6. The van der Waals surface area contributed by atoms with Gasteiger partial charge in [0.2, 0.25) is 5.82 Å². The molecule has 3 heterocycles. The molecule has 0 unspecified atom stereocenters. The average Bonchev–Trinajstić information content (AvgIpc) is 3.46. The first-order chi connectivity index (χ1) is 14.7. The number of amides is 1. The second-order valence-corrected chi connectivity index (χ2v) is 7.11. The van der Waals surface area contributed by atoms with E-state index in [1.165, 1.54) is 0 Å². The fourth-order valence-electron chi connectivity index (χ4n) is 3.57. The molecule has 0 N–H and O–H groups in total. The molecule has 148 valence electrons. The first-order valence-corrected chi connectivity index (χ1v) is 9.84. The lowest BCUT2D eigenvalue weighted by atomic mass is 10.1. The summed E-state index contributed by atoms with van der Waals surface area (Å²) in [5.74, 6) is 1.51. The Kier molecular flexibility index (Phi) is 4.55. The number of aromatic nitrogens is 4. The molecule has 5 rings (SSSR count). The van der Waals surface area contributed by atoms with Crippen LogP contribution in [0.4, 0.5) is 0 Å². The molecule has 0 aliphatic carbocycles. The molecule has 0 radical (unpaired) electrons. The Labute approximate surface area is 173 Å². The monoisotopic (exact) mass is 397 g/mol. The highest BCUT2D eigenvalue weighted by Gasteiger charge is 2.28. The molecule has 4 aromatic rings. The Balaban J connectivity index is 1.44. The van der Waals surface area contributed by atoms with Gasteiger partial charge in [-0.25, -0.2) is 9.97 Å². The van der Waals surface area contributed by atoms with Gasteiger partial charge in [0.1, 0.15) is 5.82 Å². The van der Waals surface area contributed by atoms with Crippen molar-refractivity contribution < 1.29 is 9.32 Å². The van der Waals surface area contributed by atoms with Crippen LogP contribution in [0.25, 0.3) is 22.8 Å². The van der Waals surface area contributed by atoms with Crippen molar-refractivity contribution in [2.24, 2.45) is 0 Å². The zero-order valence-corrected chi connectivity index (χ0v) is 16.4. The molecule has 2 aromatic carbocycles. The largest absolute Gasteiger partial charge is 0.334 e. The lowest BCUT2D eigenvalue weighted by Gasteiger charge is -2.16. The van der Waals surface area contributed by atoms with E-state index in [4.69, 9.17) is 4.52 Å². The summed E-state index contributed by atoms with van der Waals surface area (Å²) < 4.78 is 5.50. The van der Waals surface area contributed by atoms with Crippen molar-refractivity contribution in [3.8, 4) is 22.8 Å². The summed E-state index contributed by atoms with van der Waals surface area (Å²) in [7, 11) is 0. The zero-order valence-electron chi connectivity index (χ0n) is 16.4. The molecule has 0 spiro atoms. The summed E-state index contributed by atoms with van der Waals surface area (Å²) in [6.07, 6.45) is 2.59. The first kappa shape index (κ1) is 18.2. The molecule has 0 saturated heterocycles. The summed E-state index contributed by atoms with van der Waals surface area (Å²) >= 11 is 0. The van der Waals surface area contributed by atoms with Gasteiger partial charge >= 0.3 is 0 Å². The van der Waals surface area contributed by atoms with E-state index in [1.807, 2.05) is 61.7 Å². The van der Waals surface area contributed by atoms with E-state index in [9.17, 15) is 4.79 Å². The Bertz CT molecular complexity index is 1220. The van der Waals surface area contributed by atoms with Crippen LogP contribution in [0.5, 0.6) is 0 Å². The van der Waals surface area contributed by atoms with Crippen molar-refractivity contribution in [1.82, 2.24) is 25.0 Å². The van der Waals surface area contributed by atoms with Gasteiger partial charge in [0.15, 0.2) is 0 Å². The van der Waals surface area contributed by atoms with Gasteiger partial charge in [0, 0.05) is 30.3 Å². The van der Waals surface area contributed by atoms with Crippen LogP contribution in [0, 0.1) is 0 Å². The third-order valence-electron chi connectivity index (χ3n) is 5.16. The highest BCUT2D eigenvalue weighted by Crippen LogP contribution is 2.29. The maximum Gasteiger partial charge on any atom is 0.259 e. The third kappa shape index (κ3) is 3.24. The van der Waals surface area contributed by atoms with Crippen LogP contribution in [0.15, 0.2) is 65.3 Å². The van der Waals surface area contributed by atoms with Gasteiger partial charge in [0.05, 0.1) is 23.4 Å². The lowest BCUT2D eigenvalue weighted by molar-refractivity contribution is 0.0751. The van der Waals surface area contributed by atoms with Crippen molar-refractivity contribution in [2.45, 2.75) is 26.4 Å². The van der Waals surface area contributed by atoms with Gasteiger partial charge in [-0.1, -0.05) is 54.5 Å². The molecule has 0 saturated carbocycles. The topological polar surface area (TPSA) is 85.0 Å². The van der Waals surface area contributed by atoms with Gasteiger partial charge in [-0.05, 0) is 12.1 Å². The number of rotatable bonds is 4. The first-order valence-electron chi connectivity index (χ1n) is 9.84.